The van der Waals surface area contributed by atoms with Crippen LogP contribution in [0, 0.1) is 5.82 Å². The lowest BCUT2D eigenvalue weighted by molar-refractivity contribution is 0.0929. The molecule has 0 radical (unpaired) electrons. The molecule has 1 aromatic heterocycles. The van der Waals surface area contributed by atoms with E-state index >= 15 is 0 Å². The van der Waals surface area contributed by atoms with Crippen LogP contribution in [0.4, 0.5) is 10.1 Å². The Morgan fingerprint density at radius 1 is 1.19 bits per heavy atom. The van der Waals surface area contributed by atoms with E-state index < -0.39 is 11.7 Å². The molecule has 1 aromatic carbocycles. The van der Waals surface area contributed by atoms with E-state index in [4.69, 9.17) is 5.73 Å². The molecule has 0 saturated carbocycles. The number of aromatic amines is 1. The fourth-order valence-corrected chi connectivity index (χ4v) is 2.33. The summed E-state index contributed by atoms with van der Waals surface area (Å²) in [6.07, 6.45) is 4.05. The van der Waals surface area contributed by atoms with Gasteiger partial charge in [-0.15, -0.1) is 0 Å². The third kappa shape index (κ3) is 7.18. The zero-order chi connectivity index (χ0) is 20.2. The average Bonchev–Trinajstić information content (AvgIpc) is 3.10. The highest BCUT2D eigenvalue weighted by atomic mass is 19.1. The molecule has 27 heavy (non-hydrogen) atoms. The Morgan fingerprint density at radius 2 is 1.81 bits per heavy atom. The lowest BCUT2D eigenvalue weighted by Crippen LogP contribution is -2.35. The van der Waals surface area contributed by atoms with Crippen molar-refractivity contribution in [3.63, 3.8) is 0 Å². The Labute approximate surface area is 158 Å². The Balaban J connectivity index is 0.00000114. The highest BCUT2D eigenvalue weighted by Crippen LogP contribution is 2.14. The monoisotopic (exact) mass is 377 g/mol. The molecule has 1 heterocycles. The molecular weight excluding hydrogens is 349 g/mol. The van der Waals surface area contributed by atoms with E-state index in [0.717, 1.165) is 25.8 Å². The van der Waals surface area contributed by atoms with Gasteiger partial charge in [0.15, 0.2) is 0 Å². The highest BCUT2D eigenvalue weighted by molar-refractivity contribution is 6.08. The van der Waals surface area contributed by atoms with Gasteiger partial charge in [0.1, 0.15) is 11.5 Å². The zero-order valence-corrected chi connectivity index (χ0v) is 16.0. The SMILES string of the molecule is CCCC(CC)NC(=O)c1[nH]ncc1NC(=O)c1ccc(F)cc1.CCN. The van der Waals surface area contributed by atoms with Crippen molar-refractivity contribution in [2.45, 2.75) is 46.1 Å². The number of rotatable bonds is 7. The molecule has 5 N–H and O–H groups in total. The summed E-state index contributed by atoms with van der Waals surface area (Å²) in [6.45, 7) is 6.71. The lowest BCUT2D eigenvalue weighted by Gasteiger charge is -2.16. The van der Waals surface area contributed by atoms with Crippen LogP contribution < -0.4 is 16.4 Å². The molecule has 1 unspecified atom stereocenters. The standard InChI is InChI=1S/C17H21FN4O2.C2H7N/c1-3-5-13(4-2)20-17(24)15-14(10-19-22-15)21-16(23)11-6-8-12(18)9-7-11;1-2-3/h6-10,13H,3-5H2,1-2H3,(H,19,22)(H,20,24)(H,21,23);2-3H2,1H3. The first kappa shape index (κ1) is 22.3. The van der Waals surface area contributed by atoms with E-state index in [1.165, 1.54) is 30.5 Å². The Hall–Kier alpha value is -2.74. The summed E-state index contributed by atoms with van der Waals surface area (Å²) in [5, 5.41) is 12.0. The number of carbonyl (C=O) groups is 2. The van der Waals surface area contributed by atoms with Crippen molar-refractivity contribution in [3.8, 4) is 0 Å². The molecular formula is C19H28FN5O2. The molecule has 0 aliphatic rings. The first-order valence-electron chi connectivity index (χ1n) is 9.07. The number of nitrogens with zero attached hydrogens (tertiary/aromatic N) is 1. The second-order valence-electron chi connectivity index (χ2n) is 5.90. The molecule has 0 fully saturated rings. The van der Waals surface area contributed by atoms with Crippen LogP contribution in [0.3, 0.4) is 0 Å². The maximum absolute atomic E-state index is 12.9. The predicted molar refractivity (Wildman–Crippen MR) is 104 cm³/mol. The van der Waals surface area contributed by atoms with Gasteiger partial charge in [-0.1, -0.05) is 27.2 Å². The second-order valence-corrected chi connectivity index (χ2v) is 5.90. The minimum atomic E-state index is -0.439. The Bertz CT molecular complexity index is 715. The molecule has 0 aliphatic heterocycles. The van der Waals surface area contributed by atoms with Crippen LogP contribution >= 0.6 is 0 Å². The predicted octanol–water partition coefficient (Wildman–Crippen LogP) is 3.07. The van der Waals surface area contributed by atoms with Crippen molar-refractivity contribution in [2.75, 3.05) is 11.9 Å². The number of nitrogens with two attached hydrogens (primary N) is 1. The van der Waals surface area contributed by atoms with E-state index in [2.05, 4.69) is 27.8 Å². The first-order valence-corrected chi connectivity index (χ1v) is 9.07. The number of aromatic nitrogens is 2. The first-order chi connectivity index (χ1) is 13.0. The van der Waals surface area contributed by atoms with Gasteiger partial charge in [0.05, 0.1) is 11.9 Å². The number of hydrogen-bond donors (Lipinski definition) is 4. The minimum absolute atomic E-state index is 0.0754. The van der Waals surface area contributed by atoms with Crippen LogP contribution in [0.2, 0.25) is 0 Å². The van der Waals surface area contributed by atoms with Gasteiger partial charge in [-0.3, -0.25) is 14.7 Å². The summed E-state index contributed by atoms with van der Waals surface area (Å²) in [5.74, 6) is -1.18. The van der Waals surface area contributed by atoms with Crippen molar-refractivity contribution in [1.82, 2.24) is 15.5 Å². The topological polar surface area (TPSA) is 113 Å². The van der Waals surface area contributed by atoms with Crippen molar-refractivity contribution in [1.29, 1.82) is 0 Å². The van der Waals surface area contributed by atoms with Crippen LogP contribution in [-0.4, -0.2) is 34.6 Å². The van der Waals surface area contributed by atoms with Crippen LogP contribution in [0.1, 0.15) is 60.9 Å². The van der Waals surface area contributed by atoms with Crippen LogP contribution in [0.15, 0.2) is 30.5 Å². The average molecular weight is 377 g/mol. The molecule has 2 rings (SSSR count). The van der Waals surface area contributed by atoms with Gasteiger partial charge in [0.2, 0.25) is 0 Å². The van der Waals surface area contributed by atoms with Crippen LogP contribution in [0.5, 0.6) is 0 Å². The van der Waals surface area contributed by atoms with E-state index in [1.54, 1.807) is 0 Å². The largest absolute Gasteiger partial charge is 0.348 e. The summed E-state index contributed by atoms with van der Waals surface area (Å²) in [5.41, 5.74) is 5.62. The van der Waals surface area contributed by atoms with E-state index in [-0.39, 0.29) is 23.3 Å². The second kappa shape index (κ2) is 11.8. The van der Waals surface area contributed by atoms with Gasteiger partial charge >= 0.3 is 0 Å². The number of benzene rings is 1. The van der Waals surface area contributed by atoms with Gasteiger partial charge in [0.25, 0.3) is 11.8 Å². The Kier molecular flexibility index (Phi) is 9.74. The molecule has 148 valence electrons. The number of amides is 2. The lowest BCUT2D eigenvalue weighted by atomic mass is 10.1. The minimum Gasteiger partial charge on any atom is -0.348 e. The van der Waals surface area contributed by atoms with Gasteiger partial charge < -0.3 is 16.4 Å². The van der Waals surface area contributed by atoms with Crippen molar-refractivity contribution < 1.29 is 14.0 Å². The molecule has 2 aromatic rings. The van der Waals surface area contributed by atoms with Crippen LogP contribution in [-0.2, 0) is 0 Å². The van der Waals surface area contributed by atoms with E-state index in [0.29, 0.717) is 5.56 Å². The summed E-state index contributed by atoms with van der Waals surface area (Å²) in [4.78, 5) is 24.5. The molecule has 0 saturated heterocycles. The maximum Gasteiger partial charge on any atom is 0.271 e. The summed E-state index contributed by atoms with van der Waals surface area (Å²) < 4.78 is 12.9. The summed E-state index contributed by atoms with van der Waals surface area (Å²) >= 11 is 0. The molecule has 2 amide bonds. The van der Waals surface area contributed by atoms with Crippen molar-refractivity contribution >= 4 is 17.5 Å². The fourth-order valence-electron chi connectivity index (χ4n) is 2.33. The third-order valence-corrected chi connectivity index (χ3v) is 3.69. The summed E-state index contributed by atoms with van der Waals surface area (Å²) in [7, 11) is 0. The Morgan fingerprint density at radius 3 is 2.37 bits per heavy atom. The number of hydrogen-bond acceptors (Lipinski definition) is 4. The quantitative estimate of drug-likeness (QED) is 0.594. The summed E-state index contributed by atoms with van der Waals surface area (Å²) in [6, 6.07) is 5.23. The maximum atomic E-state index is 12.9. The molecule has 0 spiro atoms. The van der Waals surface area contributed by atoms with Gasteiger partial charge in [-0.25, -0.2) is 4.39 Å². The zero-order valence-electron chi connectivity index (χ0n) is 16.0. The van der Waals surface area contributed by atoms with E-state index in [9.17, 15) is 14.0 Å². The van der Waals surface area contributed by atoms with Gasteiger partial charge in [-0.2, -0.15) is 5.10 Å². The molecule has 7 nitrogen and oxygen atoms in total. The number of carbonyl (C=O) groups excluding carboxylic acids is 2. The molecule has 0 aliphatic carbocycles. The molecule has 1 atom stereocenters. The van der Waals surface area contributed by atoms with Crippen molar-refractivity contribution in [2.24, 2.45) is 5.73 Å². The third-order valence-electron chi connectivity index (χ3n) is 3.69. The number of anilines is 1. The van der Waals surface area contributed by atoms with Crippen molar-refractivity contribution in [3.05, 3.63) is 47.5 Å². The molecule has 8 heteroatoms. The van der Waals surface area contributed by atoms with Gasteiger partial charge in [0, 0.05) is 11.6 Å². The molecule has 0 bridgehead atoms. The van der Waals surface area contributed by atoms with Crippen LogP contribution in [0.25, 0.3) is 0 Å². The number of halogens is 1. The smallest absolute Gasteiger partial charge is 0.271 e. The number of nitrogens with one attached hydrogen (secondary N) is 3. The van der Waals surface area contributed by atoms with E-state index in [1.807, 2.05) is 13.8 Å². The number of H-pyrrole nitrogens is 1. The highest BCUT2D eigenvalue weighted by Gasteiger charge is 2.19. The normalized spacial score (nSPS) is 11.1. The fraction of sp³-hybridized carbons (Fsp3) is 0.421. The van der Waals surface area contributed by atoms with Gasteiger partial charge in [-0.05, 0) is 43.7 Å².